The molecule has 2 heterocycles. The highest BCUT2D eigenvalue weighted by atomic mass is 19.1. The van der Waals surface area contributed by atoms with Crippen LogP contribution in [0.15, 0.2) is 47.7 Å². The number of nitrogens with two attached hydrogens (primary N) is 1. The Labute approximate surface area is 164 Å². The fourth-order valence-electron chi connectivity index (χ4n) is 2.84. The molecule has 7 nitrogen and oxygen atoms in total. The summed E-state index contributed by atoms with van der Waals surface area (Å²) in [5.41, 5.74) is 6.61. The molecular formula is C20H26FN5O2. The number of rotatable bonds is 8. The lowest BCUT2D eigenvalue weighted by atomic mass is 10.2. The largest absolute Gasteiger partial charge is 0.453 e. The van der Waals surface area contributed by atoms with Gasteiger partial charge in [-0.1, -0.05) is 6.07 Å². The maximum atomic E-state index is 14.2. The molecule has 0 atom stereocenters. The Bertz CT molecular complexity index is 766. The van der Waals surface area contributed by atoms with E-state index in [1.54, 1.807) is 30.5 Å². The Morgan fingerprint density at radius 3 is 2.93 bits per heavy atom. The third-order valence-corrected chi connectivity index (χ3v) is 4.35. The Hall–Kier alpha value is -2.71. The molecule has 0 unspecified atom stereocenters. The van der Waals surface area contributed by atoms with E-state index in [-0.39, 0.29) is 5.75 Å². The van der Waals surface area contributed by atoms with Gasteiger partial charge in [0.15, 0.2) is 17.5 Å². The minimum absolute atomic E-state index is 0.148. The average molecular weight is 387 g/mol. The highest BCUT2D eigenvalue weighted by molar-refractivity contribution is 5.77. The number of hydrogen-bond acceptors (Lipinski definition) is 5. The first-order valence-electron chi connectivity index (χ1n) is 9.41. The Kier molecular flexibility index (Phi) is 7.57. The van der Waals surface area contributed by atoms with E-state index in [0.717, 1.165) is 45.8 Å². The first-order valence-corrected chi connectivity index (χ1v) is 9.41. The number of ether oxygens (including phenoxy) is 2. The molecule has 0 amide bonds. The Balaban J connectivity index is 1.42. The van der Waals surface area contributed by atoms with E-state index in [1.165, 1.54) is 12.3 Å². The maximum Gasteiger partial charge on any atom is 0.188 e. The second kappa shape index (κ2) is 10.6. The molecule has 0 aliphatic carbocycles. The number of aliphatic imine (C=N–C) groups is 1. The third-order valence-electron chi connectivity index (χ3n) is 4.35. The van der Waals surface area contributed by atoms with Crippen molar-refractivity contribution in [2.45, 2.75) is 13.0 Å². The van der Waals surface area contributed by atoms with E-state index >= 15 is 0 Å². The van der Waals surface area contributed by atoms with Gasteiger partial charge in [0, 0.05) is 25.8 Å². The molecule has 0 saturated carbocycles. The molecule has 150 valence electrons. The predicted octanol–water partition coefficient (Wildman–Crippen LogP) is 2.14. The van der Waals surface area contributed by atoms with Crippen molar-refractivity contribution in [3.8, 4) is 11.5 Å². The lowest BCUT2D eigenvalue weighted by Crippen LogP contribution is -2.39. The van der Waals surface area contributed by atoms with Gasteiger partial charge >= 0.3 is 0 Å². The fraction of sp³-hybridized carbons (Fsp3) is 0.400. The molecule has 1 aliphatic rings. The lowest BCUT2D eigenvalue weighted by Gasteiger charge is -2.26. The minimum atomic E-state index is -0.450. The predicted molar refractivity (Wildman–Crippen MR) is 106 cm³/mol. The summed E-state index contributed by atoms with van der Waals surface area (Å²) in [5.74, 6) is 0.541. The fourth-order valence-corrected chi connectivity index (χ4v) is 2.84. The Morgan fingerprint density at radius 2 is 2.18 bits per heavy atom. The quantitative estimate of drug-likeness (QED) is 0.410. The first-order chi connectivity index (χ1) is 13.7. The summed E-state index contributed by atoms with van der Waals surface area (Å²) in [6.45, 7) is 5.63. The van der Waals surface area contributed by atoms with Crippen molar-refractivity contribution < 1.29 is 13.9 Å². The summed E-state index contributed by atoms with van der Waals surface area (Å²) >= 11 is 0. The number of benzene rings is 1. The summed E-state index contributed by atoms with van der Waals surface area (Å²) in [6, 6.07) is 8.20. The number of nitrogens with one attached hydrogen (secondary N) is 1. The molecule has 1 aromatic heterocycles. The van der Waals surface area contributed by atoms with Crippen LogP contribution >= 0.6 is 0 Å². The molecule has 0 radical (unpaired) electrons. The summed E-state index contributed by atoms with van der Waals surface area (Å²) in [7, 11) is 0. The van der Waals surface area contributed by atoms with Crippen LogP contribution in [0.4, 0.5) is 4.39 Å². The van der Waals surface area contributed by atoms with Crippen LogP contribution in [-0.4, -0.2) is 55.2 Å². The van der Waals surface area contributed by atoms with Gasteiger partial charge in [0.05, 0.1) is 26.0 Å². The van der Waals surface area contributed by atoms with Crippen LogP contribution in [-0.2, 0) is 11.3 Å². The minimum Gasteiger partial charge on any atom is -0.453 e. The second-order valence-corrected chi connectivity index (χ2v) is 6.49. The van der Waals surface area contributed by atoms with Gasteiger partial charge in [-0.3, -0.25) is 9.88 Å². The van der Waals surface area contributed by atoms with Gasteiger partial charge in [-0.25, -0.2) is 9.38 Å². The molecule has 1 saturated heterocycles. The normalized spacial score (nSPS) is 15.4. The number of halogens is 1. The highest BCUT2D eigenvalue weighted by Crippen LogP contribution is 2.24. The number of nitrogens with zero attached hydrogens (tertiary/aromatic N) is 3. The van der Waals surface area contributed by atoms with Gasteiger partial charge in [0.2, 0.25) is 0 Å². The van der Waals surface area contributed by atoms with Crippen LogP contribution in [0.3, 0.4) is 0 Å². The van der Waals surface area contributed by atoms with Gasteiger partial charge in [0.25, 0.3) is 0 Å². The zero-order valence-electron chi connectivity index (χ0n) is 15.8. The molecule has 8 heteroatoms. The van der Waals surface area contributed by atoms with Crippen LogP contribution < -0.4 is 15.8 Å². The van der Waals surface area contributed by atoms with Crippen LogP contribution in [0.25, 0.3) is 0 Å². The number of morpholine rings is 1. The molecule has 0 spiro atoms. The van der Waals surface area contributed by atoms with E-state index in [9.17, 15) is 4.39 Å². The van der Waals surface area contributed by atoms with Crippen molar-refractivity contribution in [1.82, 2.24) is 15.2 Å². The van der Waals surface area contributed by atoms with Crippen LogP contribution in [0, 0.1) is 5.82 Å². The van der Waals surface area contributed by atoms with Gasteiger partial charge in [-0.15, -0.1) is 0 Å². The first kappa shape index (κ1) is 20.0. The van der Waals surface area contributed by atoms with E-state index in [1.807, 2.05) is 0 Å². The van der Waals surface area contributed by atoms with Crippen LogP contribution in [0.1, 0.15) is 12.0 Å². The summed E-state index contributed by atoms with van der Waals surface area (Å²) in [5, 5.41) is 3.10. The zero-order chi connectivity index (χ0) is 19.6. The van der Waals surface area contributed by atoms with Crippen molar-refractivity contribution in [2.24, 2.45) is 10.7 Å². The van der Waals surface area contributed by atoms with Crippen molar-refractivity contribution in [1.29, 1.82) is 0 Å². The van der Waals surface area contributed by atoms with Gasteiger partial charge in [-0.2, -0.15) is 0 Å². The summed E-state index contributed by atoms with van der Waals surface area (Å²) in [4.78, 5) is 10.6. The second-order valence-electron chi connectivity index (χ2n) is 6.49. The molecule has 3 rings (SSSR count). The van der Waals surface area contributed by atoms with Gasteiger partial charge in [-0.05, 0) is 42.8 Å². The number of hydrogen-bond donors (Lipinski definition) is 2. The monoisotopic (exact) mass is 387 g/mol. The lowest BCUT2D eigenvalue weighted by molar-refractivity contribution is 0.0376. The molecule has 1 aromatic carbocycles. The molecular weight excluding hydrogens is 361 g/mol. The van der Waals surface area contributed by atoms with E-state index in [2.05, 4.69) is 20.2 Å². The summed E-state index contributed by atoms with van der Waals surface area (Å²) in [6.07, 6.45) is 4.14. The topological polar surface area (TPSA) is 85.0 Å². The smallest absolute Gasteiger partial charge is 0.188 e. The third kappa shape index (κ3) is 6.47. The highest BCUT2D eigenvalue weighted by Gasteiger charge is 2.09. The van der Waals surface area contributed by atoms with E-state index < -0.39 is 5.82 Å². The number of guanidine groups is 1. The summed E-state index contributed by atoms with van der Waals surface area (Å²) < 4.78 is 25.0. The molecule has 28 heavy (non-hydrogen) atoms. The molecule has 2 aromatic rings. The van der Waals surface area contributed by atoms with Gasteiger partial charge in [0.1, 0.15) is 5.75 Å². The number of pyridine rings is 1. The van der Waals surface area contributed by atoms with E-state index in [0.29, 0.717) is 23.8 Å². The molecule has 1 aliphatic heterocycles. The van der Waals surface area contributed by atoms with Crippen molar-refractivity contribution in [3.63, 3.8) is 0 Å². The van der Waals surface area contributed by atoms with Gasteiger partial charge < -0.3 is 20.5 Å². The average Bonchev–Trinajstić information content (AvgIpc) is 2.73. The SMILES string of the molecule is NC(=NCc1ccc(Oc2cccnc2)c(F)c1)NCCCN1CCOCC1. The zero-order valence-corrected chi connectivity index (χ0v) is 15.8. The van der Waals surface area contributed by atoms with Crippen molar-refractivity contribution in [2.75, 3.05) is 39.4 Å². The van der Waals surface area contributed by atoms with Crippen LogP contribution in [0.5, 0.6) is 11.5 Å². The molecule has 3 N–H and O–H groups in total. The number of aromatic nitrogens is 1. The van der Waals surface area contributed by atoms with Crippen LogP contribution in [0.2, 0.25) is 0 Å². The van der Waals surface area contributed by atoms with E-state index in [4.69, 9.17) is 15.2 Å². The maximum absolute atomic E-state index is 14.2. The van der Waals surface area contributed by atoms with Crippen molar-refractivity contribution in [3.05, 3.63) is 54.1 Å². The molecule has 0 bridgehead atoms. The molecule has 1 fully saturated rings. The van der Waals surface area contributed by atoms with Crippen molar-refractivity contribution >= 4 is 5.96 Å². The Morgan fingerprint density at radius 1 is 1.32 bits per heavy atom. The standard InChI is InChI=1S/C20H26FN5O2/c21-18-13-16(4-5-19(18)28-17-3-1-6-23-15-17)14-25-20(22)24-7-2-8-26-9-11-27-12-10-26/h1,3-6,13,15H,2,7-12,14H2,(H3,22,24,25).